The largest absolute Gasteiger partial charge is 0.437 e. The first-order chi connectivity index (χ1) is 12.1. The highest BCUT2D eigenvalue weighted by Crippen LogP contribution is 2.33. The van der Waals surface area contributed by atoms with Crippen molar-refractivity contribution in [3.63, 3.8) is 0 Å². The Morgan fingerprint density at radius 3 is 2.52 bits per heavy atom. The first-order valence-corrected chi connectivity index (χ1v) is 8.41. The van der Waals surface area contributed by atoms with Crippen molar-refractivity contribution in [1.29, 1.82) is 0 Å². The van der Waals surface area contributed by atoms with Gasteiger partial charge in [0.15, 0.2) is 5.82 Å². The molecule has 0 amide bonds. The van der Waals surface area contributed by atoms with Gasteiger partial charge >= 0.3 is 0 Å². The SMILES string of the molecule is CCc1ccc(Oc2ncnc(Nc3ccc(Cl)cc3Cl)c2N)cc1. The van der Waals surface area contributed by atoms with Crippen LogP contribution < -0.4 is 15.8 Å². The standard InChI is InChI=1S/C18H16Cl2N4O/c1-2-11-3-6-13(7-4-11)25-18-16(21)17(22-10-23-18)24-15-8-5-12(19)9-14(15)20/h3-10H,2,21H2,1H3,(H,22,23,24). The third-order valence-electron chi connectivity index (χ3n) is 3.58. The van der Waals surface area contributed by atoms with E-state index in [-0.39, 0.29) is 11.6 Å². The Hall–Kier alpha value is -2.50. The summed E-state index contributed by atoms with van der Waals surface area (Å²) in [5, 5.41) is 4.07. The van der Waals surface area contributed by atoms with E-state index in [0.717, 1.165) is 6.42 Å². The zero-order valence-electron chi connectivity index (χ0n) is 13.5. The number of nitrogen functional groups attached to an aromatic ring is 1. The predicted octanol–water partition coefficient (Wildman–Crippen LogP) is 5.46. The molecular weight excluding hydrogens is 359 g/mol. The van der Waals surface area contributed by atoms with Crippen LogP contribution in [0.15, 0.2) is 48.8 Å². The van der Waals surface area contributed by atoms with Gasteiger partial charge in [-0.2, -0.15) is 4.98 Å². The normalized spacial score (nSPS) is 10.5. The topological polar surface area (TPSA) is 73.1 Å². The minimum atomic E-state index is 0.270. The Morgan fingerprint density at radius 1 is 1.08 bits per heavy atom. The summed E-state index contributed by atoms with van der Waals surface area (Å²) in [7, 11) is 0. The van der Waals surface area contributed by atoms with E-state index in [0.29, 0.717) is 27.3 Å². The maximum absolute atomic E-state index is 6.17. The number of nitrogens with zero attached hydrogens (tertiary/aromatic N) is 2. The van der Waals surface area contributed by atoms with Crippen LogP contribution in [0.1, 0.15) is 12.5 Å². The molecular formula is C18H16Cl2N4O. The van der Waals surface area contributed by atoms with Gasteiger partial charge in [0.25, 0.3) is 0 Å². The van der Waals surface area contributed by atoms with Gasteiger partial charge in [-0.05, 0) is 42.3 Å². The van der Waals surface area contributed by atoms with Gasteiger partial charge in [-0.15, -0.1) is 0 Å². The van der Waals surface area contributed by atoms with Crippen LogP contribution in [0, 0.1) is 0 Å². The summed E-state index contributed by atoms with van der Waals surface area (Å²) < 4.78 is 5.77. The fourth-order valence-corrected chi connectivity index (χ4v) is 2.64. The second kappa shape index (κ2) is 7.59. The summed E-state index contributed by atoms with van der Waals surface area (Å²) in [6.07, 6.45) is 2.34. The van der Waals surface area contributed by atoms with E-state index >= 15 is 0 Å². The summed E-state index contributed by atoms with van der Waals surface area (Å²) >= 11 is 12.1. The van der Waals surface area contributed by atoms with E-state index in [9.17, 15) is 0 Å². The molecule has 2 aromatic carbocycles. The summed E-state index contributed by atoms with van der Waals surface area (Å²) in [6, 6.07) is 12.9. The van der Waals surface area contributed by atoms with Crippen molar-refractivity contribution in [2.75, 3.05) is 11.1 Å². The quantitative estimate of drug-likeness (QED) is 0.619. The third kappa shape index (κ3) is 4.13. The van der Waals surface area contributed by atoms with E-state index in [1.165, 1.54) is 11.9 Å². The maximum atomic E-state index is 6.17. The van der Waals surface area contributed by atoms with E-state index in [1.807, 2.05) is 24.3 Å². The number of aromatic nitrogens is 2. The summed E-state index contributed by atoms with van der Waals surface area (Å²) in [6.45, 7) is 2.10. The highest BCUT2D eigenvalue weighted by Gasteiger charge is 2.12. The zero-order valence-corrected chi connectivity index (χ0v) is 15.0. The van der Waals surface area contributed by atoms with Gasteiger partial charge in [-0.25, -0.2) is 4.98 Å². The molecule has 0 saturated carbocycles. The molecule has 0 unspecified atom stereocenters. The molecule has 0 aliphatic carbocycles. The molecule has 0 bridgehead atoms. The Morgan fingerprint density at radius 2 is 1.84 bits per heavy atom. The number of benzene rings is 2. The molecule has 3 N–H and O–H groups in total. The monoisotopic (exact) mass is 374 g/mol. The molecule has 25 heavy (non-hydrogen) atoms. The molecule has 3 rings (SSSR count). The van der Waals surface area contributed by atoms with Crippen LogP contribution in [0.5, 0.6) is 11.6 Å². The van der Waals surface area contributed by atoms with Crippen LogP contribution in [0.4, 0.5) is 17.2 Å². The maximum Gasteiger partial charge on any atom is 0.248 e. The molecule has 0 aliphatic heterocycles. The number of aryl methyl sites for hydroxylation is 1. The summed E-state index contributed by atoms with van der Waals surface area (Å²) in [5.74, 6) is 1.32. The van der Waals surface area contributed by atoms with Crippen LogP contribution in [0.2, 0.25) is 10.0 Å². The fourth-order valence-electron chi connectivity index (χ4n) is 2.18. The zero-order chi connectivity index (χ0) is 17.8. The highest BCUT2D eigenvalue weighted by molar-refractivity contribution is 6.36. The highest BCUT2D eigenvalue weighted by atomic mass is 35.5. The summed E-state index contributed by atoms with van der Waals surface area (Å²) in [4.78, 5) is 8.25. The smallest absolute Gasteiger partial charge is 0.248 e. The molecule has 128 valence electrons. The molecule has 5 nitrogen and oxygen atoms in total. The predicted molar refractivity (Wildman–Crippen MR) is 102 cm³/mol. The van der Waals surface area contributed by atoms with Crippen LogP contribution in [0.3, 0.4) is 0 Å². The molecule has 0 atom stereocenters. The lowest BCUT2D eigenvalue weighted by atomic mass is 10.2. The fraction of sp³-hybridized carbons (Fsp3) is 0.111. The van der Waals surface area contributed by atoms with Crippen molar-refractivity contribution in [3.8, 4) is 11.6 Å². The van der Waals surface area contributed by atoms with Crippen molar-refractivity contribution in [2.24, 2.45) is 0 Å². The van der Waals surface area contributed by atoms with Gasteiger partial charge in [-0.3, -0.25) is 0 Å². The van der Waals surface area contributed by atoms with Gasteiger partial charge in [0.1, 0.15) is 17.8 Å². The number of rotatable bonds is 5. The molecule has 7 heteroatoms. The van der Waals surface area contributed by atoms with Crippen molar-refractivity contribution >= 4 is 40.4 Å². The molecule has 1 heterocycles. The van der Waals surface area contributed by atoms with Gasteiger partial charge in [0.05, 0.1) is 10.7 Å². The van der Waals surface area contributed by atoms with Crippen molar-refractivity contribution in [1.82, 2.24) is 9.97 Å². The second-order valence-corrected chi connectivity index (χ2v) is 6.13. The molecule has 0 fully saturated rings. The molecule has 0 aliphatic rings. The minimum Gasteiger partial charge on any atom is -0.437 e. The molecule has 3 aromatic rings. The Bertz CT molecular complexity index is 885. The van der Waals surface area contributed by atoms with Crippen LogP contribution >= 0.6 is 23.2 Å². The van der Waals surface area contributed by atoms with Gasteiger partial charge in [-0.1, -0.05) is 42.3 Å². The number of halogens is 2. The Kier molecular flexibility index (Phi) is 5.26. The van der Waals surface area contributed by atoms with E-state index in [4.69, 9.17) is 33.7 Å². The average Bonchev–Trinajstić information content (AvgIpc) is 2.61. The van der Waals surface area contributed by atoms with Crippen LogP contribution in [0.25, 0.3) is 0 Å². The number of hydrogen-bond acceptors (Lipinski definition) is 5. The van der Waals surface area contributed by atoms with Crippen LogP contribution in [-0.4, -0.2) is 9.97 Å². The van der Waals surface area contributed by atoms with Gasteiger partial charge < -0.3 is 15.8 Å². The van der Waals surface area contributed by atoms with E-state index < -0.39 is 0 Å². The lowest BCUT2D eigenvalue weighted by Crippen LogP contribution is -2.03. The number of nitrogens with one attached hydrogen (secondary N) is 1. The first-order valence-electron chi connectivity index (χ1n) is 7.66. The van der Waals surface area contributed by atoms with E-state index in [1.54, 1.807) is 18.2 Å². The van der Waals surface area contributed by atoms with Crippen molar-refractivity contribution in [3.05, 3.63) is 64.4 Å². The summed E-state index contributed by atoms with van der Waals surface area (Å²) in [5.41, 5.74) is 8.28. The molecule has 1 aromatic heterocycles. The molecule has 0 saturated heterocycles. The number of ether oxygens (including phenoxy) is 1. The number of hydrogen-bond donors (Lipinski definition) is 2. The van der Waals surface area contributed by atoms with Crippen LogP contribution in [-0.2, 0) is 6.42 Å². The van der Waals surface area contributed by atoms with Crippen molar-refractivity contribution < 1.29 is 4.74 Å². The second-order valence-electron chi connectivity index (χ2n) is 5.29. The molecule has 0 spiro atoms. The van der Waals surface area contributed by atoms with Gasteiger partial charge in [0.2, 0.25) is 5.88 Å². The minimum absolute atomic E-state index is 0.270. The lowest BCUT2D eigenvalue weighted by Gasteiger charge is -2.13. The molecule has 0 radical (unpaired) electrons. The Labute approximate surface area is 155 Å². The number of nitrogens with two attached hydrogens (primary N) is 1. The van der Waals surface area contributed by atoms with Gasteiger partial charge in [0, 0.05) is 5.02 Å². The van der Waals surface area contributed by atoms with E-state index in [2.05, 4.69) is 22.2 Å². The van der Waals surface area contributed by atoms with Crippen molar-refractivity contribution in [2.45, 2.75) is 13.3 Å². The average molecular weight is 375 g/mol. The Balaban J connectivity index is 1.83. The number of anilines is 3. The lowest BCUT2D eigenvalue weighted by molar-refractivity contribution is 0.464. The first kappa shape index (κ1) is 17.3. The third-order valence-corrected chi connectivity index (χ3v) is 4.13.